The molecule has 1 aliphatic heterocycles. The number of ether oxygens (including phenoxy) is 2. The Labute approximate surface area is 149 Å². The summed E-state index contributed by atoms with van der Waals surface area (Å²) in [4.78, 5) is 26.6. The zero-order valence-electron chi connectivity index (χ0n) is 16.0. The van der Waals surface area contributed by atoms with Gasteiger partial charge < -0.3 is 19.3 Å². The molecule has 7 nitrogen and oxygen atoms in total. The van der Waals surface area contributed by atoms with Gasteiger partial charge >= 0.3 is 6.09 Å². The number of hydrogen-bond acceptors (Lipinski definition) is 6. The number of benzene rings is 1. The molecule has 0 N–H and O–H groups in total. The smallest absolute Gasteiger partial charge is 0.410 e. The van der Waals surface area contributed by atoms with Crippen LogP contribution in [-0.2, 0) is 4.74 Å². The number of carbonyl (C=O) groups is 1. The Morgan fingerprint density at radius 3 is 2.20 bits per heavy atom. The molecule has 0 aromatic heterocycles. The Balaban J connectivity index is 0.00000151. The van der Waals surface area contributed by atoms with Crippen molar-refractivity contribution in [1.82, 2.24) is 4.90 Å². The molecule has 0 spiro atoms. The van der Waals surface area contributed by atoms with Crippen LogP contribution in [0.1, 0.15) is 34.6 Å². The van der Waals surface area contributed by atoms with Gasteiger partial charge in [-0.2, -0.15) is 0 Å². The second-order valence-electron chi connectivity index (χ2n) is 6.40. The van der Waals surface area contributed by atoms with Crippen LogP contribution in [0, 0.1) is 4.91 Å². The van der Waals surface area contributed by atoms with Gasteiger partial charge in [0.15, 0.2) is 0 Å². The van der Waals surface area contributed by atoms with Crippen molar-refractivity contribution in [3.63, 3.8) is 0 Å². The fraction of sp³-hybridized carbons (Fsp3) is 0.611. The quantitative estimate of drug-likeness (QED) is 0.764. The lowest BCUT2D eigenvalue weighted by atomic mass is 10.2. The molecule has 0 saturated carbocycles. The summed E-state index contributed by atoms with van der Waals surface area (Å²) in [5.41, 5.74) is 0.737. The Bertz CT molecular complexity index is 576. The van der Waals surface area contributed by atoms with Gasteiger partial charge in [-0.05, 0) is 38.1 Å². The van der Waals surface area contributed by atoms with Crippen molar-refractivity contribution in [2.75, 3.05) is 38.2 Å². The van der Waals surface area contributed by atoms with Gasteiger partial charge in [0.1, 0.15) is 17.0 Å². The van der Waals surface area contributed by atoms with Crippen LogP contribution in [0.4, 0.5) is 16.2 Å². The number of hydrogen-bond donors (Lipinski definition) is 0. The van der Waals surface area contributed by atoms with E-state index in [1.165, 1.54) is 7.11 Å². The molecule has 1 fully saturated rings. The fourth-order valence-corrected chi connectivity index (χ4v) is 2.41. The standard InChI is InChI=1S/C16H23N3O4.C2H6/c1-16(2,3)23-15(20)19-9-7-18(8-10-19)12-5-6-13(17-21)14(11-12)22-4;1-2/h5-6,11H,7-10H2,1-4H3;1-2H3. The van der Waals surface area contributed by atoms with Crippen LogP contribution >= 0.6 is 0 Å². The van der Waals surface area contributed by atoms with Crippen molar-refractivity contribution < 1.29 is 14.3 Å². The molecule has 0 bridgehead atoms. The van der Waals surface area contributed by atoms with Crippen molar-refractivity contribution in [3.05, 3.63) is 23.1 Å². The third-order valence-corrected chi connectivity index (χ3v) is 3.56. The second-order valence-corrected chi connectivity index (χ2v) is 6.40. The van der Waals surface area contributed by atoms with E-state index in [0.717, 1.165) is 5.69 Å². The third kappa shape index (κ3) is 5.92. The number of nitrogens with zero attached hydrogens (tertiary/aromatic N) is 3. The van der Waals surface area contributed by atoms with E-state index in [-0.39, 0.29) is 11.8 Å². The van der Waals surface area contributed by atoms with Crippen molar-refractivity contribution in [1.29, 1.82) is 0 Å². The van der Waals surface area contributed by atoms with Crippen LogP contribution in [0.5, 0.6) is 5.75 Å². The predicted molar refractivity (Wildman–Crippen MR) is 99.8 cm³/mol. The predicted octanol–water partition coefficient (Wildman–Crippen LogP) is 4.18. The van der Waals surface area contributed by atoms with E-state index in [1.807, 2.05) is 40.7 Å². The van der Waals surface area contributed by atoms with Gasteiger partial charge in [-0.25, -0.2) is 4.79 Å². The van der Waals surface area contributed by atoms with Gasteiger partial charge in [-0.1, -0.05) is 13.8 Å². The fourth-order valence-electron chi connectivity index (χ4n) is 2.41. The van der Waals surface area contributed by atoms with Crippen molar-refractivity contribution in [2.45, 2.75) is 40.2 Å². The molecule has 2 rings (SSSR count). The van der Waals surface area contributed by atoms with E-state index in [4.69, 9.17) is 9.47 Å². The molecule has 1 saturated heterocycles. The summed E-state index contributed by atoms with van der Waals surface area (Å²) in [5.74, 6) is 0.451. The molecule has 0 radical (unpaired) electrons. The van der Waals surface area contributed by atoms with Crippen LogP contribution in [0.3, 0.4) is 0 Å². The van der Waals surface area contributed by atoms with Gasteiger partial charge in [0, 0.05) is 37.9 Å². The number of methoxy groups -OCH3 is 1. The van der Waals surface area contributed by atoms with Crippen molar-refractivity contribution >= 4 is 17.5 Å². The van der Waals surface area contributed by atoms with Gasteiger partial charge in [0.2, 0.25) is 0 Å². The summed E-state index contributed by atoms with van der Waals surface area (Å²) in [6.45, 7) is 12.1. The van der Waals surface area contributed by atoms with Crippen molar-refractivity contribution in [3.8, 4) is 5.75 Å². The molecular formula is C18H29N3O4. The zero-order valence-corrected chi connectivity index (χ0v) is 16.0. The lowest BCUT2D eigenvalue weighted by Crippen LogP contribution is -2.50. The Morgan fingerprint density at radius 2 is 1.72 bits per heavy atom. The number of amides is 1. The summed E-state index contributed by atoms with van der Waals surface area (Å²) in [7, 11) is 1.51. The molecule has 0 unspecified atom stereocenters. The molecular weight excluding hydrogens is 322 g/mol. The lowest BCUT2D eigenvalue weighted by Gasteiger charge is -2.36. The molecule has 1 heterocycles. The van der Waals surface area contributed by atoms with E-state index in [9.17, 15) is 9.70 Å². The van der Waals surface area contributed by atoms with Crippen LogP contribution < -0.4 is 9.64 Å². The third-order valence-electron chi connectivity index (χ3n) is 3.56. The average Bonchev–Trinajstić information content (AvgIpc) is 2.61. The van der Waals surface area contributed by atoms with Crippen LogP contribution in [0.15, 0.2) is 23.4 Å². The highest BCUT2D eigenvalue weighted by Crippen LogP contribution is 2.32. The van der Waals surface area contributed by atoms with Crippen LogP contribution in [-0.4, -0.2) is 49.9 Å². The highest BCUT2D eigenvalue weighted by molar-refractivity contribution is 5.69. The minimum absolute atomic E-state index is 0.281. The largest absolute Gasteiger partial charge is 0.494 e. The molecule has 1 amide bonds. The number of anilines is 1. The Hall–Kier alpha value is -2.31. The first kappa shape index (κ1) is 20.7. The van der Waals surface area contributed by atoms with E-state index in [0.29, 0.717) is 31.9 Å². The van der Waals surface area contributed by atoms with E-state index in [2.05, 4.69) is 10.1 Å². The highest BCUT2D eigenvalue weighted by atomic mass is 16.6. The Kier molecular flexibility index (Phi) is 7.67. The van der Waals surface area contributed by atoms with Crippen LogP contribution in [0.25, 0.3) is 0 Å². The molecule has 0 atom stereocenters. The molecule has 140 valence electrons. The number of piperazine rings is 1. The first-order chi connectivity index (χ1) is 11.8. The maximum atomic E-state index is 12.1. The van der Waals surface area contributed by atoms with E-state index >= 15 is 0 Å². The average molecular weight is 351 g/mol. The lowest BCUT2D eigenvalue weighted by molar-refractivity contribution is 0.0240. The minimum atomic E-state index is -0.487. The number of carbonyl (C=O) groups excluding carboxylic acids is 1. The maximum absolute atomic E-state index is 12.1. The summed E-state index contributed by atoms with van der Waals surface area (Å²) in [6, 6.07) is 5.27. The Morgan fingerprint density at radius 1 is 1.12 bits per heavy atom. The summed E-state index contributed by atoms with van der Waals surface area (Å²) in [6.07, 6.45) is -0.282. The molecule has 1 aliphatic rings. The van der Waals surface area contributed by atoms with E-state index < -0.39 is 5.60 Å². The summed E-state index contributed by atoms with van der Waals surface area (Å²) in [5, 5.41) is 2.93. The van der Waals surface area contributed by atoms with Gasteiger partial charge in [-0.3, -0.25) is 0 Å². The minimum Gasteiger partial charge on any atom is -0.494 e. The second kappa shape index (κ2) is 9.25. The highest BCUT2D eigenvalue weighted by Gasteiger charge is 2.26. The number of rotatable bonds is 3. The topological polar surface area (TPSA) is 71.4 Å². The van der Waals surface area contributed by atoms with Gasteiger partial charge in [-0.15, -0.1) is 4.91 Å². The molecule has 25 heavy (non-hydrogen) atoms. The molecule has 7 heteroatoms. The van der Waals surface area contributed by atoms with Gasteiger partial charge in [0.25, 0.3) is 0 Å². The maximum Gasteiger partial charge on any atom is 0.410 e. The first-order valence-corrected chi connectivity index (χ1v) is 8.58. The SMILES string of the molecule is CC.COc1cc(N2CCN(C(=O)OC(C)(C)C)CC2)ccc1N=O. The van der Waals surface area contributed by atoms with Crippen molar-refractivity contribution in [2.24, 2.45) is 5.18 Å². The van der Waals surface area contributed by atoms with Gasteiger partial charge in [0.05, 0.1) is 7.11 Å². The summed E-state index contributed by atoms with van der Waals surface area (Å²) >= 11 is 0. The first-order valence-electron chi connectivity index (χ1n) is 8.58. The van der Waals surface area contributed by atoms with E-state index in [1.54, 1.807) is 17.0 Å². The monoisotopic (exact) mass is 351 g/mol. The summed E-state index contributed by atoms with van der Waals surface area (Å²) < 4.78 is 10.6. The molecule has 0 aliphatic carbocycles. The zero-order chi connectivity index (χ0) is 19.0. The van der Waals surface area contributed by atoms with Crippen LogP contribution in [0.2, 0.25) is 0 Å². The molecule has 1 aromatic carbocycles. The number of nitroso groups, excluding NO2 is 1. The molecule has 1 aromatic rings. The normalized spacial score (nSPS) is 14.3.